The summed E-state index contributed by atoms with van der Waals surface area (Å²) in [5.41, 5.74) is 1.88. The van der Waals surface area contributed by atoms with Crippen molar-refractivity contribution in [2.75, 3.05) is 0 Å². The number of halogens is 1. The molecular weight excluding hydrogens is 354 g/mol. The Morgan fingerprint density at radius 1 is 0.680 bits per heavy atom. The molecule has 0 atom stereocenters. The maximum atomic E-state index is 13.1. The second kappa shape index (κ2) is 7.83. The zero-order valence-corrected chi connectivity index (χ0v) is 15.1. The fraction of sp³-hybridized carbons (Fsp3) is 0.100. The minimum atomic E-state index is -3.64. The number of hydrogen-bond acceptors (Lipinski definition) is 2. The van der Waals surface area contributed by atoms with Crippen molar-refractivity contribution >= 4 is 21.6 Å². The molecule has 0 saturated heterocycles. The van der Waals surface area contributed by atoms with Gasteiger partial charge < -0.3 is 0 Å². The number of rotatable bonds is 6. The Morgan fingerprint density at radius 2 is 1.12 bits per heavy atom. The highest BCUT2D eigenvalue weighted by Gasteiger charge is 2.24. The molecule has 0 aromatic heterocycles. The standard InChI is InChI=1S/C20H18ClNO2S/c21-19-11-13-20(14-12-19)25(23,24)22(15-17-7-3-1-4-8-17)16-18-9-5-2-6-10-18/h1-14H,15-16H2. The van der Waals surface area contributed by atoms with Gasteiger partial charge in [-0.25, -0.2) is 8.42 Å². The van der Waals surface area contributed by atoms with Crippen molar-refractivity contribution < 1.29 is 8.42 Å². The van der Waals surface area contributed by atoms with Crippen LogP contribution in [0, 0.1) is 0 Å². The Labute approximate surface area is 153 Å². The molecule has 0 amide bonds. The summed E-state index contributed by atoms with van der Waals surface area (Å²) in [6.45, 7) is 0.612. The van der Waals surface area contributed by atoms with Crippen molar-refractivity contribution in [2.24, 2.45) is 0 Å². The van der Waals surface area contributed by atoms with E-state index in [1.165, 1.54) is 4.31 Å². The normalized spacial score (nSPS) is 11.6. The van der Waals surface area contributed by atoms with E-state index in [0.29, 0.717) is 18.1 Å². The van der Waals surface area contributed by atoms with E-state index in [2.05, 4.69) is 0 Å². The first-order valence-corrected chi connectivity index (χ1v) is 9.71. The molecule has 0 aliphatic carbocycles. The van der Waals surface area contributed by atoms with E-state index in [1.54, 1.807) is 24.3 Å². The lowest BCUT2D eigenvalue weighted by atomic mass is 10.2. The van der Waals surface area contributed by atoms with Gasteiger partial charge in [0.25, 0.3) is 0 Å². The van der Waals surface area contributed by atoms with E-state index >= 15 is 0 Å². The van der Waals surface area contributed by atoms with Crippen LogP contribution in [0.4, 0.5) is 0 Å². The third-order valence-corrected chi connectivity index (χ3v) is 5.91. The van der Waals surface area contributed by atoms with Gasteiger partial charge in [0.15, 0.2) is 0 Å². The quantitative estimate of drug-likeness (QED) is 0.628. The third kappa shape index (κ3) is 4.48. The van der Waals surface area contributed by atoms with Crippen LogP contribution in [0.1, 0.15) is 11.1 Å². The van der Waals surface area contributed by atoms with E-state index in [0.717, 1.165) is 11.1 Å². The molecule has 3 aromatic carbocycles. The van der Waals surface area contributed by atoms with Gasteiger partial charge in [0, 0.05) is 18.1 Å². The van der Waals surface area contributed by atoms with Crippen LogP contribution in [-0.2, 0) is 23.1 Å². The molecule has 0 unspecified atom stereocenters. The summed E-state index contributed by atoms with van der Waals surface area (Å²) >= 11 is 5.89. The molecule has 0 radical (unpaired) electrons. The van der Waals surface area contributed by atoms with Crippen molar-refractivity contribution in [2.45, 2.75) is 18.0 Å². The van der Waals surface area contributed by atoms with Crippen LogP contribution in [-0.4, -0.2) is 12.7 Å². The van der Waals surface area contributed by atoms with Crippen molar-refractivity contribution in [3.05, 3.63) is 101 Å². The van der Waals surface area contributed by atoms with Crippen molar-refractivity contribution in [1.29, 1.82) is 0 Å². The summed E-state index contributed by atoms with van der Waals surface area (Å²) < 4.78 is 27.8. The largest absolute Gasteiger partial charge is 0.243 e. The smallest absolute Gasteiger partial charge is 0.207 e. The van der Waals surface area contributed by atoms with Crippen LogP contribution in [0.5, 0.6) is 0 Å². The van der Waals surface area contributed by atoms with Crippen LogP contribution in [0.25, 0.3) is 0 Å². The molecule has 0 aliphatic rings. The Bertz CT molecular complexity index is 869. The zero-order valence-electron chi connectivity index (χ0n) is 13.5. The van der Waals surface area contributed by atoms with E-state index in [-0.39, 0.29) is 4.90 Å². The fourth-order valence-corrected chi connectivity index (χ4v) is 4.10. The van der Waals surface area contributed by atoms with Gasteiger partial charge >= 0.3 is 0 Å². The first-order chi connectivity index (χ1) is 12.1. The Morgan fingerprint density at radius 3 is 1.56 bits per heavy atom. The van der Waals surface area contributed by atoms with E-state index in [1.807, 2.05) is 60.7 Å². The molecule has 25 heavy (non-hydrogen) atoms. The molecule has 128 valence electrons. The summed E-state index contributed by atoms with van der Waals surface area (Å²) in [6.07, 6.45) is 0. The molecule has 3 nitrogen and oxygen atoms in total. The molecule has 3 aromatic rings. The average molecular weight is 372 g/mol. The number of sulfonamides is 1. The molecule has 0 fully saturated rings. The highest BCUT2D eigenvalue weighted by Crippen LogP contribution is 2.22. The highest BCUT2D eigenvalue weighted by molar-refractivity contribution is 7.89. The van der Waals surface area contributed by atoms with Crippen LogP contribution in [0.3, 0.4) is 0 Å². The van der Waals surface area contributed by atoms with Gasteiger partial charge in [-0.2, -0.15) is 4.31 Å². The van der Waals surface area contributed by atoms with Crippen LogP contribution in [0.15, 0.2) is 89.8 Å². The molecule has 3 rings (SSSR count). The average Bonchev–Trinajstić information content (AvgIpc) is 2.63. The first-order valence-electron chi connectivity index (χ1n) is 7.89. The SMILES string of the molecule is O=S(=O)(c1ccc(Cl)cc1)N(Cc1ccccc1)Cc1ccccc1. The molecule has 0 saturated carbocycles. The number of benzene rings is 3. The van der Waals surface area contributed by atoms with Gasteiger partial charge in [0.2, 0.25) is 10.0 Å². The van der Waals surface area contributed by atoms with Gasteiger partial charge in [-0.3, -0.25) is 0 Å². The lowest BCUT2D eigenvalue weighted by Gasteiger charge is -2.22. The summed E-state index contributed by atoms with van der Waals surface area (Å²) in [6, 6.07) is 25.4. The Hall–Kier alpha value is -2.14. The molecule has 0 N–H and O–H groups in total. The van der Waals surface area contributed by atoms with Crippen molar-refractivity contribution in [1.82, 2.24) is 4.31 Å². The number of hydrogen-bond donors (Lipinski definition) is 0. The predicted molar refractivity (Wildman–Crippen MR) is 101 cm³/mol. The van der Waals surface area contributed by atoms with Gasteiger partial charge in [-0.05, 0) is 35.4 Å². The first kappa shape index (κ1) is 17.7. The molecule has 0 heterocycles. The zero-order chi connectivity index (χ0) is 17.7. The molecule has 0 aliphatic heterocycles. The predicted octanol–water partition coefficient (Wildman–Crippen LogP) is 4.73. The molecule has 0 bridgehead atoms. The monoisotopic (exact) mass is 371 g/mol. The minimum Gasteiger partial charge on any atom is -0.207 e. The fourth-order valence-electron chi connectivity index (χ4n) is 2.56. The van der Waals surface area contributed by atoms with Gasteiger partial charge in [-0.15, -0.1) is 0 Å². The topological polar surface area (TPSA) is 37.4 Å². The second-order valence-corrected chi connectivity index (χ2v) is 8.07. The van der Waals surface area contributed by atoms with Crippen LogP contribution < -0.4 is 0 Å². The van der Waals surface area contributed by atoms with Crippen LogP contribution in [0.2, 0.25) is 5.02 Å². The minimum absolute atomic E-state index is 0.240. The van der Waals surface area contributed by atoms with E-state index in [9.17, 15) is 8.42 Å². The maximum Gasteiger partial charge on any atom is 0.243 e. The molecule has 0 spiro atoms. The lowest BCUT2D eigenvalue weighted by Crippen LogP contribution is -2.30. The van der Waals surface area contributed by atoms with Gasteiger partial charge in [0.1, 0.15) is 0 Å². The Balaban J connectivity index is 1.95. The number of nitrogens with zero attached hydrogens (tertiary/aromatic N) is 1. The lowest BCUT2D eigenvalue weighted by molar-refractivity contribution is 0.401. The van der Waals surface area contributed by atoms with E-state index < -0.39 is 10.0 Å². The van der Waals surface area contributed by atoms with Crippen LogP contribution >= 0.6 is 11.6 Å². The third-order valence-electron chi connectivity index (χ3n) is 3.85. The molecule has 5 heteroatoms. The van der Waals surface area contributed by atoms with Gasteiger partial charge in [0.05, 0.1) is 4.90 Å². The summed E-state index contributed by atoms with van der Waals surface area (Å²) in [5, 5.41) is 0.511. The van der Waals surface area contributed by atoms with Gasteiger partial charge in [-0.1, -0.05) is 72.3 Å². The van der Waals surface area contributed by atoms with E-state index in [4.69, 9.17) is 11.6 Å². The highest BCUT2D eigenvalue weighted by atomic mass is 35.5. The molecular formula is C20H18ClNO2S. The summed E-state index contributed by atoms with van der Waals surface area (Å²) in [4.78, 5) is 0.240. The van der Waals surface area contributed by atoms with Crippen molar-refractivity contribution in [3.63, 3.8) is 0 Å². The van der Waals surface area contributed by atoms with Crippen molar-refractivity contribution in [3.8, 4) is 0 Å². The Kier molecular flexibility index (Phi) is 5.53. The maximum absolute atomic E-state index is 13.1. The second-order valence-electron chi connectivity index (χ2n) is 5.70. The summed E-state index contributed by atoms with van der Waals surface area (Å²) in [5.74, 6) is 0. The summed E-state index contributed by atoms with van der Waals surface area (Å²) in [7, 11) is -3.64.